The van der Waals surface area contributed by atoms with Crippen LogP contribution in [0, 0.1) is 6.92 Å². The van der Waals surface area contributed by atoms with Crippen molar-refractivity contribution in [3.05, 3.63) is 53.8 Å². The van der Waals surface area contributed by atoms with E-state index in [1.807, 2.05) is 19.1 Å². The smallest absolute Gasteiger partial charge is 0.271 e. The Bertz CT molecular complexity index is 835. The van der Waals surface area contributed by atoms with E-state index >= 15 is 0 Å². The Hall–Kier alpha value is -2.12. The fraction of sp³-hybridized carbons (Fsp3) is 0.0714. The fourth-order valence-corrected chi connectivity index (χ4v) is 4.24. The second-order valence-electron chi connectivity index (χ2n) is 4.51. The number of imidazole rings is 1. The number of nitrogens with zero attached hydrogens (tertiary/aromatic N) is 1. The zero-order valence-electron chi connectivity index (χ0n) is 11.2. The molecule has 0 aliphatic rings. The van der Waals surface area contributed by atoms with Crippen LogP contribution < -0.4 is 4.72 Å². The van der Waals surface area contributed by atoms with E-state index in [0.29, 0.717) is 9.90 Å². The molecule has 0 aliphatic carbocycles. The quantitative estimate of drug-likeness (QED) is 0.775. The van der Waals surface area contributed by atoms with Gasteiger partial charge in [-0.1, -0.05) is 12.1 Å². The van der Waals surface area contributed by atoms with Gasteiger partial charge in [0.25, 0.3) is 10.0 Å². The molecule has 0 amide bonds. The summed E-state index contributed by atoms with van der Waals surface area (Å²) in [6.45, 7) is 1.88. The van der Waals surface area contributed by atoms with Gasteiger partial charge in [-0.15, -0.1) is 11.3 Å². The lowest BCUT2D eigenvalue weighted by Crippen LogP contribution is -2.11. The van der Waals surface area contributed by atoms with Crippen molar-refractivity contribution in [3.8, 4) is 11.3 Å². The topological polar surface area (TPSA) is 74.8 Å². The zero-order chi connectivity index (χ0) is 14.9. The molecule has 2 aromatic heterocycles. The SMILES string of the molecule is Cc1ccc(S(=O)(=O)Nc2ccc(-c3cnc[nH]3)cc2)s1. The lowest BCUT2D eigenvalue weighted by atomic mass is 10.1. The summed E-state index contributed by atoms with van der Waals surface area (Å²) in [6.07, 6.45) is 3.32. The normalized spacial score (nSPS) is 11.5. The summed E-state index contributed by atoms with van der Waals surface area (Å²) in [5, 5.41) is 0. The van der Waals surface area contributed by atoms with Crippen molar-refractivity contribution in [3.63, 3.8) is 0 Å². The first-order valence-corrected chi connectivity index (χ1v) is 8.53. The number of thiophene rings is 1. The van der Waals surface area contributed by atoms with Crippen molar-refractivity contribution in [2.45, 2.75) is 11.1 Å². The molecule has 2 heterocycles. The number of rotatable bonds is 4. The summed E-state index contributed by atoms with van der Waals surface area (Å²) in [6, 6.07) is 10.5. The third kappa shape index (κ3) is 2.98. The van der Waals surface area contributed by atoms with E-state index in [0.717, 1.165) is 16.1 Å². The molecule has 0 atom stereocenters. The number of nitrogens with one attached hydrogen (secondary N) is 2. The van der Waals surface area contributed by atoms with Gasteiger partial charge in [0.2, 0.25) is 0 Å². The van der Waals surface area contributed by atoms with Gasteiger partial charge < -0.3 is 4.98 Å². The maximum atomic E-state index is 12.2. The largest absolute Gasteiger partial charge is 0.345 e. The predicted octanol–water partition coefficient (Wildman–Crippen LogP) is 3.25. The molecule has 3 rings (SSSR count). The van der Waals surface area contributed by atoms with Crippen molar-refractivity contribution in [1.29, 1.82) is 0 Å². The number of anilines is 1. The van der Waals surface area contributed by atoms with Gasteiger partial charge in [0.15, 0.2) is 0 Å². The van der Waals surface area contributed by atoms with Gasteiger partial charge >= 0.3 is 0 Å². The zero-order valence-corrected chi connectivity index (χ0v) is 12.8. The number of hydrogen-bond donors (Lipinski definition) is 2. The molecule has 0 radical (unpaired) electrons. The maximum absolute atomic E-state index is 12.2. The van der Waals surface area contributed by atoms with E-state index in [-0.39, 0.29) is 0 Å². The molecule has 108 valence electrons. The summed E-state index contributed by atoms with van der Waals surface area (Å²) in [5.74, 6) is 0. The van der Waals surface area contributed by atoms with Crippen molar-refractivity contribution in [2.24, 2.45) is 0 Å². The molecule has 5 nitrogen and oxygen atoms in total. The van der Waals surface area contributed by atoms with E-state index in [2.05, 4.69) is 14.7 Å². The molecule has 0 saturated carbocycles. The van der Waals surface area contributed by atoms with Gasteiger partial charge in [0, 0.05) is 10.6 Å². The number of aryl methyl sites for hydroxylation is 1. The maximum Gasteiger partial charge on any atom is 0.271 e. The van der Waals surface area contributed by atoms with Crippen molar-refractivity contribution in [1.82, 2.24) is 9.97 Å². The molecule has 1 aromatic carbocycles. The standard InChI is InChI=1S/C14H13N3O2S2/c1-10-2-7-14(20-10)21(18,19)17-12-5-3-11(4-6-12)13-8-15-9-16-13/h2-9,17H,1H3,(H,15,16). The molecule has 0 spiro atoms. The summed E-state index contributed by atoms with van der Waals surface area (Å²) in [5.41, 5.74) is 2.37. The average Bonchev–Trinajstić information content (AvgIpc) is 3.10. The van der Waals surface area contributed by atoms with Gasteiger partial charge in [-0.2, -0.15) is 0 Å². The van der Waals surface area contributed by atoms with Crippen molar-refractivity contribution in [2.75, 3.05) is 4.72 Å². The fourth-order valence-electron chi connectivity index (χ4n) is 1.89. The van der Waals surface area contributed by atoms with Crippen molar-refractivity contribution >= 4 is 27.0 Å². The minimum absolute atomic E-state index is 0.317. The van der Waals surface area contributed by atoms with Gasteiger partial charge in [0.05, 0.1) is 18.2 Å². The van der Waals surface area contributed by atoms with Crippen LogP contribution in [0.1, 0.15) is 4.88 Å². The Morgan fingerprint density at radius 3 is 2.48 bits per heavy atom. The van der Waals surface area contributed by atoms with E-state index in [4.69, 9.17) is 0 Å². The number of benzene rings is 1. The summed E-state index contributed by atoms with van der Waals surface area (Å²) in [7, 11) is -3.51. The summed E-state index contributed by atoms with van der Waals surface area (Å²) in [4.78, 5) is 7.92. The molecule has 2 N–H and O–H groups in total. The Morgan fingerprint density at radius 2 is 1.90 bits per heavy atom. The Labute approximate surface area is 126 Å². The van der Waals surface area contributed by atoms with E-state index in [1.165, 1.54) is 11.3 Å². The van der Waals surface area contributed by atoms with Crippen LogP contribution in [0.5, 0.6) is 0 Å². The predicted molar refractivity (Wildman–Crippen MR) is 83.9 cm³/mol. The van der Waals surface area contributed by atoms with Crippen LogP contribution in [0.15, 0.2) is 53.1 Å². The first-order valence-electron chi connectivity index (χ1n) is 6.23. The first-order chi connectivity index (χ1) is 10.0. The number of H-pyrrole nitrogens is 1. The molecule has 0 bridgehead atoms. The van der Waals surface area contributed by atoms with Crippen LogP contribution in [0.3, 0.4) is 0 Å². The van der Waals surface area contributed by atoms with Crippen LogP contribution in [0.4, 0.5) is 5.69 Å². The minimum Gasteiger partial charge on any atom is -0.345 e. The molecule has 0 unspecified atom stereocenters. The Balaban J connectivity index is 1.82. The average molecular weight is 319 g/mol. The summed E-state index contributed by atoms with van der Waals surface area (Å²) < 4.78 is 27.3. The molecule has 0 saturated heterocycles. The van der Waals surface area contributed by atoms with Gasteiger partial charge in [0.1, 0.15) is 4.21 Å². The number of sulfonamides is 1. The van der Waals surface area contributed by atoms with Crippen molar-refractivity contribution < 1.29 is 8.42 Å². The Morgan fingerprint density at radius 1 is 1.14 bits per heavy atom. The number of aromatic nitrogens is 2. The highest BCUT2D eigenvalue weighted by Gasteiger charge is 2.16. The van der Waals surface area contributed by atoms with Gasteiger partial charge in [-0.25, -0.2) is 13.4 Å². The van der Waals surface area contributed by atoms with Crippen LogP contribution in [-0.2, 0) is 10.0 Å². The van der Waals surface area contributed by atoms with Gasteiger partial charge in [-0.05, 0) is 36.8 Å². The number of hydrogen-bond acceptors (Lipinski definition) is 4. The van der Waals surface area contributed by atoms with Crippen LogP contribution >= 0.6 is 11.3 Å². The second kappa shape index (κ2) is 5.34. The minimum atomic E-state index is -3.51. The Kier molecular flexibility index (Phi) is 3.52. The molecule has 0 aliphatic heterocycles. The van der Waals surface area contributed by atoms with Crippen LogP contribution in [0.25, 0.3) is 11.3 Å². The third-order valence-electron chi connectivity index (χ3n) is 2.93. The highest BCUT2D eigenvalue weighted by molar-refractivity contribution is 7.94. The van der Waals surface area contributed by atoms with Crippen LogP contribution in [0.2, 0.25) is 0 Å². The molecular weight excluding hydrogens is 306 g/mol. The molecule has 21 heavy (non-hydrogen) atoms. The molecular formula is C14H13N3O2S2. The number of aromatic amines is 1. The van der Waals surface area contributed by atoms with Gasteiger partial charge in [-0.3, -0.25) is 4.72 Å². The molecule has 7 heteroatoms. The molecule has 0 fully saturated rings. The van der Waals surface area contributed by atoms with Crippen LogP contribution in [-0.4, -0.2) is 18.4 Å². The molecule has 3 aromatic rings. The third-order valence-corrected chi connectivity index (χ3v) is 5.80. The monoisotopic (exact) mass is 319 g/mol. The van der Waals surface area contributed by atoms with E-state index in [9.17, 15) is 8.42 Å². The highest BCUT2D eigenvalue weighted by atomic mass is 32.2. The second-order valence-corrected chi connectivity index (χ2v) is 7.71. The first kappa shape index (κ1) is 13.8. The van der Waals surface area contributed by atoms with E-state index in [1.54, 1.807) is 36.8 Å². The lowest BCUT2D eigenvalue weighted by Gasteiger charge is -2.06. The van der Waals surface area contributed by atoms with E-state index < -0.39 is 10.0 Å². The lowest BCUT2D eigenvalue weighted by molar-refractivity contribution is 0.603. The highest BCUT2D eigenvalue weighted by Crippen LogP contribution is 2.24. The summed E-state index contributed by atoms with van der Waals surface area (Å²) >= 11 is 1.25.